The first-order valence-corrected chi connectivity index (χ1v) is 24.2. The highest BCUT2D eigenvalue weighted by atomic mass is 35.5. The normalized spacial score (nSPS) is 14.7. The number of carbonyl (C=O) groups is 6. The van der Waals surface area contributed by atoms with E-state index in [9.17, 15) is 38.3 Å². The van der Waals surface area contributed by atoms with E-state index in [1.54, 1.807) is 73.7 Å². The van der Waals surface area contributed by atoms with Crippen molar-refractivity contribution >= 4 is 86.0 Å². The van der Waals surface area contributed by atoms with Crippen molar-refractivity contribution < 1.29 is 42.7 Å². The number of rotatable bonds is 18. The number of nitrogens with zero attached hydrogens (tertiary/aromatic N) is 6. The lowest BCUT2D eigenvalue weighted by Gasteiger charge is -2.40. The number of anilines is 1. The molecule has 2 aromatic heterocycles. The summed E-state index contributed by atoms with van der Waals surface area (Å²) in [5.41, 5.74) is 7.75. The molecule has 0 radical (unpaired) electrons. The first-order valence-electron chi connectivity index (χ1n) is 23.4. The maximum absolute atomic E-state index is 16.7. The molecule has 0 spiro atoms. The molecule has 1 fully saturated rings. The highest BCUT2D eigenvalue weighted by molar-refractivity contribution is 6.36. The summed E-state index contributed by atoms with van der Waals surface area (Å²) in [5.74, 6) is -5.02. The van der Waals surface area contributed by atoms with Crippen LogP contribution in [-0.4, -0.2) is 101 Å². The number of aromatic nitrogens is 4. The summed E-state index contributed by atoms with van der Waals surface area (Å²) in [5, 5.41) is 25.1. The number of carbonyl (C=O) groups excluding carboxylic acids is 6. The van der Waals surface area contributed by atoms with E-state index in [2.05, 4.69) is 20.8 Å². The number of nitrogens with two attached hydrogens (primary N) is 1. The van der Waals surface area contributed by atoms with Crippen molar-refractivity contribution in [2.24, 2.45) is 11.7 Å². The molecule has 73 heavy (non-hydrogen) atoms. The Labute approximate surface area is 428 Å². The molecule has 20 heteroatoms. The minimum absolute atomic E-state index is 0.0104. The van der Waals surface area contributed by atoms with E-state index in [0.717, 1.165) is 0 Å². The number of hydrogen-bond donors (Lipinski definition) is 4. The Bertz CT molecular complexity index is 3340. The number of ketones is 1. The molecule has 7 aromatic rings. The number of benzene rings is 5. The molecule has 5 aromatic carbocycles. The van der Waals surface area contributed by atoms with Gasteiger partial charge in [0.25, 0.3) is 5.91 Å². The van der Waals surface area contributed by atoms with Gasteiger partial charge in [0, 0.05) is 58.6 Å². The topological polar surface area (TPSA) is 215 Å². The lowest BCUT2D eigenvalue weighted by Crippen LogP contribution is -2.53. The summed E-state index contributed by atoms with van der Waals surface area (Å²) in [4.78, 5) is 83.1. The Morgan fingerprint density at radius 2 is 1.34 bits per heavy atom. The minimum Gasteiger partial charge on any atom is -0.393 e. The van der Waals surface area contributed by atoms with Crippen molar-refractivity contribution in [3.63, 3.8) is 0 Å². The van der Waals surface area contributed by atoms with Gasteiger partial charge in [-0.15, -0.1) is 0 Å². The average molecular weight is 1030 g/mol. The number of aliphatic hydroxyl groups excluding tert-OH is 1. The lowest BCUT2D eigenvalue weighted by atomic mass is 9.88. The van der Waals surface area contributed by atoms with Gasteiger partial charge in [-0.2, -0.15) is 10.2 Å². The van der Waals surface area contributed by atoms with Gasteiger partial charge in [0.05, 0.1) is 39.4 Å². The van der Waals surface area contributed by atoms with Crippen molar-refractivity contribution in [2.75, 3.05) is 18.4 Å². The molecule has 16 nitrogen and oxygen atoms in total. The van der Waals surface area contributed by atoms with Crippen LogP contribution >= 0.6 is 23.2 Å². The van der Waals surface area contributed by atoms with E-state index in [0.29, 0.717) is 27.5 Å². The summed E-state index contributed by atoms with van der Waals surface area (Å²) >= 11 is 13.1. The number of para-hydroxylation sites is 1. The molecule has 1 aliphatic carbocycles. The van der Waals surface area contributed by atoms with Crippen LogP contribution in [0.3, 0.4) is 0 Å². The van der Waals surface area contributed by atoms with Crippen molar-refractivity contribution in [2.45, 2.75) is 78.4 Å². The number of fused-ring (bicyclic) bond motifs is 2. The third-order valence-corrected chi connectivity index (χ3v) is 13.9. The van der Waals surface area contributed by atoms with Crippen LogP contribution in [0.5, 0.6) is 0 Å². The predicted molar refractivity (Wildman–Crippen MR) is 272 cm³/mol. The highest BCUT2D eigenvalue weighted by Crippen LogP contribution is 2.42. The second kappa shape index (κ2) is 21.7. The maximum Gasteiger partial charge on any atom is 0.269 e. The molecule has 1 aliphatic rings. The number of primary amides is 1. The number of Topliss-reactive ketones (excluding diaryl/α,β-unsaturated/α-hetero) is 1. The van der Waals surface area contributed by atoms with Crippen LogP contribution in [0.1, 0.15) is 67.1 Å². The molecule has 0 aliphatic heterocycles. The molecule has 0 bridgehead atoms. The molecule has 5 N–H and O–H groups in total. The zero-order valence-electron chi connectivity index (χ0n) is 40.2. The fourth-order valence-corrected chi connectivity index (χ4v) is 9.49. The first-order chi connectivity index (χ1) is 34.8. The van der Waals surface area contributed by atoms with E-state index < -0.39 is 72.4 Å². The fraction of sp³-hybridized carbons (Fsp3) is 0.283. The number of amides is 5. The third-order valence-electron chi connectivity index (χ3n) is 13.2. The van der Waals surface area contributed by atoms with Crippen molar-refractivity contribution in [3.05, 3.63) is 136 Å². The van der Waals surface area contributed by atoms with Crippen LogP contribution < -0.4 is 16.4 Å². The van der Waals surface area contributed by atoms with Crippen molar-refractivity contribution in [1.82, 2.24) is 34.7 Å². The van der Waals surface area contributed by atoms with Crippen molar-refractivity contribution in [3.8, 4) is 22.3 Å². The van der Waals surface area contributed by atoms with Crippen LogP contribution in [0.15, 0.2) is 97.1 Å². The molecule has 1 unspecified atom stereocenters. The van der Waals surface area contributed by atoms with Crippen molar-refractivity contribution in [1.29, 1.82) is 0 Å². The third kappa shape index (κ3) is 10.8. The van der Waals surface area contributed by atoms with Gasteiger partial charge in [0.1, 0.15) is 31.1 Å². The summed E-state index contributed by atoms with van der Waals surface area (Å²) in [7, 11) is 0. The Hall–Kier alpha value is -7.54. The average Bonchev–Trinajstić information content (AvgIpc) is 3.91. The summed E-state index contributed by atoms with van der Waals surface area (Å²) in [6.45, 7) is 5.25. The van der Waals surface area contributed by atoms with Gasteiger partial charge in [0.2, 0.25) is 23.6 Å². The number of hydrogen-bond acceptors (Lipinski definition) is 9. The Balaban J connectivity index is 1.03. The Morgan fingerprint density at radius 1 is 0.740 bits per heavy atom. The monoisotopic (exact) mass is 1030 g/mol. The smallest absolute Gasteiger partial charge is 0.269 e. The maximum atomic E-state index is 16.7. The van der Waals surface area contributed by atoms with Gasteiger partial charge < -0.3 is 31.3 Å². The lowest BCUT2D eigenvalue weighted by molar-refractivity contribution is -0.142. The van der Waals surface area contributed by atoms with Crippen LogP contribution in [0.4, 0.5) is 14.5 Å². The van der Waals surface area contributed by atoms with E-state index in [-0.39, 0.29) is 93.4 Å². The molecule has 8 rings (SSSR count). The van der Waals surface area contributed by atoms with Crippen LogP contribution in [0.2, 0.25) is 10.0 Å². The summed E-state index contributed by atoms with van der Waals surface area (Å²) < 4.78 is 34.0. The van der Waals surface area contributed by atoms with Gasteiger partial charge >= 0.3 is 0 Å². The molecule has 1 saturated carbocycles. The molecule has 1 atom stereocenters. The second-order valence-corrected chi connectivity index (χ2v) is 19.1. The van der Waals surface area contributed by atoms with E-state index in [4.69, 9.17) is 28.9 Å². The largest absolute Gasteiger partial charge is 0.393 e. The number of halogens is 4. The number of nitrogens with one attached hydrogen (secondary N) is 2. The summed E-state index contributed by atoms with van der Waals surface area (Å²) in [6, 6.07) is 24.7. The molecule has 0 saturated heterocycles. The highest BCUT2D eigenvalue weighted by Gasteiger charge is 2.37. The van der Waals surface area contributed by atoms with Gasteiger partial charge in [-0.3, -0.25) is 38.1 Å². The van der Waals surface area contributed by atoms with Crippen LogP contribution in [0.25, 0.3) is 44.1 Å². The van der Waals surface area contributed by atoms with Gasteiger partial charge in [0.15, 0.2) is 17.3 Å². The zero-order valence-corrected chi connectivity index (χ0v) is 41.7. The van der Waals surface area contributed by atoms with E-state index in [1.807, 2.05) is 13.8 Å². The van der Waals surface area contributed by atoms with Gasteiger partial charge in [-0.25, -0.2) is 8.78 Å². The van der Waals surface area contributed by atoms with Gasteiger partial charge in [-0.1, -0.05) is 110 Å². The fourth-order valence-electron chi connectivity index (χ4n) is 8.96. The van der Waals surface area contributed by atoms with Crippen LogP contribution in [0, 0.1) is 17.6 Å². The van der Waals surface area contributed by atoms with E-state index >= 15 is 4.39 Å². The predicted octanol–water partition coefficient (Wildman–Crippen LogP) is 7.79. The molecule has 378 valence electrons. The first kappa shape index (κ1) is 51.8. The summed E-state index contributed by atoms with van der Waals surface area (Å²) in [6.07, 6.45) is -0.193. The van der Waals surface area contributed by atoms with E-state index in [1.165, 1.54) is 56.4 Å². The van der Waals surface area contributed by atoms with Crippen LogP contribution in [-0.2, 0) is 38.8 Å². The molecular weight excluding hydrogens is 984 g/mol. The molecule has 5 amide bonds. The minimum atomic E-state index is -0.906. The zero-order chi connectivity index (χ0) is 52.4. The second-order valence-electron chi connectivity index (χ2n) is 18.3. The number of aliphatic hydroxyl groups is 1. The molecular formula is C53H51Cl2F2N9O7. The Morgan fingerprint density at radius 3 is 2.04 bits per heavy atom. The van der Waals surface area contributed by atoms with Gasteiger partial charge in [-0.05, 0) is 55.5 Å². The SMILES string of the molecule is CC(=O)c1nn(CC(=O)N(CC(=O)Nc2cccc(-c3cccc(-c4cccc5c4c(C(N)=O)nn5CC(=O)N(CC(=O)NCc4cccc(Cl)c4F)C(C)C(C)C)c3Cl)c2F)C2CC(O)C2)c2ccccc12. The Kier molecular flexibility index (Phi) is 15.4. The quantitative estimate of drug-likeness (QED) is 0.0617. The molecule has 2 heterocycles. The standard InChI is InChI=1S/C53H51Cl2F2N9O7/c1-28(2)29(3)63(24-43(69)59-23-31-11-7-17-39(54)49(31)56)45(71)26-66-42-20-10-13-34(47(42)52(62-66)53(58)73)35-14-8-15-36(48(35)55)37-16-9-18-40(50(37)57)60-44(70)25-64(32-21-33(68)22-32)46(72)27-65-41-19-6-5-12-38(41)51(61-65)30(4)67/h5-20,28-29,32-33,68H,21-27H2,1-4H3,(H2,58,73)(H,59,69)(H,60,70).